The van der Waals surface area contributed by atoms with E-state index in [1.807, 2.05) is 6.20 Å². The summed E-state index contributed by atoms with van der Waals surface area (Å²) < 4.78 is 38.4. The summed E-state index contributed by atoms with van der Waals surface area (Å²) in [5, 5.41) is 4.28. The number of fused-ring (bicyclic) bond motifs is 2. The summed E-state index contributed by atoms with van der Waals surface area (Å²) in [4.78, 5) is 3.18. The number of H-pyrrole nitrogens is 1. The van der Waals surface area contributed by atoms with Crippen molar-refractivity contribution in [2.75, 3.05) is 26.3 Å². The van der Waals surface area contributed by atoms with E-state index in [1.165, 1.54) is 12.1 Å². The van der Waals surface area contributed by atoms with E-state index in [0.29, 0.717) is 32.1 Å². The molecule has 0 amide bonds. The first-order valence-corrected chi connectivity index (χ1v) is 9.69. The van der Waals surface area contributed by atoms with Gasteiger partial charge in [0, 0.05) is 35.3 Å². The predicted octanol–water partition coefficient (Wildman–Crippen LogP) is 4.12. The number of nitrogens with one attached hydrogen (secondary N) is 2. The summed E-state index contributed by atoms with van der Waals surface area (Å²) in [5.41, 5.74) is 4.02. The van der Waals surface area contributed by atoms with Crippen LogP contribution < -0.4 is 10.1 Å². The SMILES string of the molecule is Fc1cc2c(c(OCCNCCCc3c[nH]c4ccc(F)cc34)c1)COCC2. The standard InChI is InChI=1S/C22H24F2N2O2/c23-17-3-4-21-19(11-17)16(13-26-21)2-1-6-25-7-9-28-22-12-18(24)10-15-5-8-27-14-20(15)22/h3-4,10-13,25-26H,1-2,5-9,14H2. The predicted molar refractivity (Wildman–Crippen MR) is 105 cm³/mol. The van der Waals surface area contributed by atoms with Gasteiger partial charge in [-0.1, -0.05) is 0 Å². The number of rotatable bonds is 8. The summed E-state index contributed by atoms with van der Waals surface area (Å²) in [6.45, 7) is 3.07. The van der Waals surface area contributed by atoms with Gasteiger partial charge in [-0.25, -0.2) is 8.78 Å². The maximum atomic E-state index is 13.7. The number of aromatic nitrogens is 1. The van der Waals surface area contributed by atoms with Gasteiger partial charge in [-0.2, -0.15) is 0 Å². The molecular weight excluding hydrogens is 362 g/mol. The molecule has 0 unspecified atom stereocenters. The van der Waals surface area contributed by atoms with Crippen molar-refractivity contribution in [1.29, 1.82) is 0 Å². The summed E-state index contributed by atoms with van der Waals surface area (Å²) in [6.07, 6.45) is 4.47. The minimum Gasteiger partial charge on any atom is -0.492 e. The monoisotopic (exact) mass is 386 g/mol. The van der Waals surface area contributed by atoms with E-state index in [1.54, 1.807) is 18.2 Å². The fourth-order valence-electron chi connectivity index (χ4n) is 3.66. The average Bonchev–Trinajstić information content (AvgIpc) is 3.09. The fourth-order valence-corrected chi connectivity index (χ4v) is 3.66. The molecule has 0 atom stereocenters. The third-order valence-corrected chi connectivity index (χ3v) is 5.09. The van der Waals surface area contributed by atoms with Crippen LogP contribution in [0.2, 0.25) is 0 Å². The Bertz CT molecular complexity index is 955. The molecule has 2 aromatic carbocycles. The fraction of sp³-hybridized carbons (Fsp3) is 0.364. The van der Waals surface area contributed by atoms with Crippen LogP contribution in [0.5, 0.6) is 5.75 Å². The Labute approximate surface area is 162 Å². The molecule has 0 spiro atoms. The molecule has 148 valence electrons. The molecular formula is C22H24F2N2O2. The van der Waals surface area contributed by atoms with Gasteiger partial charge in [0.1, 0.15) is 24.0 Å². The molecule has 2 heterocycles. The zero-order valence-electron chi connectivity index (χ0n) is 15.7. The highest BCUT2D eigenvalue weighted by atomic mass is 19.1. The topological polar surface area (TPSA) is 46.3 Å². The first-order valence-electron chi connectivity index (χ1n) is 9.69. The van der Waals surface area contributed by atoms with E-state index >= 15 is 0 Å². The molecule has 0 fully saturated rings. The van der Waals surface area contributed by atoms with Crippen molar-refractivity contribution in [3.63, 3.8) is 0 Å². The zero-order valence-corrected chi connectivity index (χ0v) is 15.7. The summed E-state index contributed by atoms with van der Waals surface area (Å²) in [6, 6.07) is 7.81. The van der Waals surface area contributed by atoms with E-state index in [9.17, 15) is 8.78 Å². The molecule has 4 rings (SSSR count). The van der Waals surface area contributed by atoms with Crippen molar-refractivity contribution in [3.05, 3.63) is 64.9 Å². The first kappa shape index (κ1) is 18.9. The lowest BCUT2D eigenvalue weighted by molar-refractivity contribution is 0.107. The minimum atomic E-state index is -0.265. The lowest BCUT2D eigenvalue weighted by atomic mass is 10.0. The molecule has 28 heavy (non-hydrogen) atoms. The molecule has 1 aliphatic rings. The number of hydrogen-bond acceptors (Lipinski definition) is 3. The molecule has 0 saturated carbocycles. The second kappa shape index (κ2) is 8.71. The second-order valence-corrected chi connectivity index (χ2v) is 7.05. The Balaban J connectivity index is 1.21. The van der Waals surface area contributed by atoms with Crippen molar-refractivity contribution in [1.82, 2.24) is 10.3 Å². The van der Waals surface area contributed by atoms with Crippen LogP contribution in [-0.4, -0.2) is 31.3 Å². The van der Waals surface area contributed by atoms with Gasteiger partial charge in [-0.05, 0) is 61.2 Å². The second-order valence-electron chi connectivity index (χ2n) is 7.05. The molecule has 0 bridgehead atoms. The quantitative estimate of drug-likeness (QED) is 0.573. The Morgan fingerprint density at radius 1 is 1.11 bits per heavy atom. The average molecular weight is 386 g/mol. The number of aromatic amines is 1. The van der Waals surface area contributed by atoms with Gasteiger partial charge in [0.2, 0.25) is 0 Å². The Kier molecular flexibility index (Phi) is 5.88. The van der Waals surface area contributed by atoms with Gasteiger partial charge in [-0.15, -0.1) is 0 Å². The van der Waals surface area contributed by atoms with Crippen LogP contribution in [0.1, 0.15) is 23.1 Å². The van der Waals surface area contributed by atoms with Gasteiger partial charge >= 0.3 is 0 Å². The van der Waals surface area contributed by atoms with Crippen molar-refractivity contribution < 1.29 is 18.3 Å². The van der Waals surface area contributed by atoms with Gasteiger partial charge in [-0.3, -0.25) is 0 Å². The van der Waals surface area contributed by atoms with Crippen LogP contribution in [-0.2, 0) is 24.2 Å². The zero-order chi connectivity index (χ0) is 19.3. The van der Waals surface area contributed by atoms with Gasteiger partial charge in [0.15, 0.2) is 0 Å². The van der Waals surface area contributed by atoms with Gasteiger partial charge < -0.3 is 19.8 Å². The van der Waals surface area contributed by atoms with Crippen LogP contribution in [0.15, 0.2) is 36.5 Å². The maximum absolute atomic E-state index is 13.7. The molecule has 0 radical (unpaired) electrons. The number of aryl methyl sites for hydroxylation is 1. The van der Waals surface area contributed by atoms with E-state index in [0.717, 1.165) is 53.4 Å². The first-order chi connectivity index (χ1) is 13.7. The summed E-state index contributed by atoms with van der Waals surface area (Å²) >= 11 is 0. The third-order valence-electron chi connectivity index (χ3n) is 5.09. The largest absolute Gasteiger partial charge is 0.492 e. The van der Waals surface area contributed by atoms with Crippen molar-refractivity contribution in [3.8, 4) is 5.75 Å². The Hall–Kier alpha value is -2.44. The lowest BCUT2D eigenvalue weighted by Gasteiger charge is -2.20. The van der Waals surface area contributed by atoms with Crippen LogP contribution in [0.4, 0.5) is 8.78 Å². The van der Waals surface area contributed by atoms with Crippen LogP contribution >= 0.6 is 0 Å². The highest BCUT2D eigenvalue weighted by Gasteiger charge is 2.16. The van der Waals surface area contributed by atoms with Gasteiger partial charge in [0.25, 0.3) is 0 Å². The van der Waals surface area contributed by atoms with E-state index in [-0.39, 0.29) is 11.6 Å². The number of hydrogen-bond donors (Lipinski definition) is 2. The van der Waals surface area contributed by atoms with E-state index in [4.69, 9.17) is 9.47 Å². The minimum absolute atomic E-state index is 0.214. The molecule has 4 nitrogen and oxygen atoms in total. The molecule has 2 N–H and O–H groups in total. The molecule has 3 aromatic rings. The highest BCUT2D eigenvalue weighted by molar-refractivity contribution is 5.83. The molecule has 6 heteroatoms. The number of ether oxygens (including phenoxy) is 2. The molecule has 1 aliphatic heterocycles. The molecule has 0 aliphatic carbocycles. The Morgan fingerprint density at radius 2 is 2.04 bits per heavy atom. The van der Waals surface area contributed by atoms with E-state index in [2.05, 4.69) is 10.3 Å². The van der Waals surface area contributed by atoms with Gasteiger partial charge in [0.05, 0.1) is 13.2 Å². The lowest BCUT2D eigenvalue weighted by Crippen LogP contribution is -2.23. The third kappa shape index (κ3) is 4.34. The normalized spacial score (nSPS) is 13.6. The van der Waals surface area contributed by atoms with Crippen molar-refractivity contribution in [2.24, 2.45) is 0 Å². The number of benzene rings is 2. The van der Waals surface area contributed by atoms with Crippen molar-refractivity contribution >= 4 is 10.9 Å². The van der Waals surface area contributed by atoms with E-state index < -0.39 is 0 Å². The number of halogens is 2. The van der Waals surface area contributed by atoms with Crippen LogP contribution in [0.25, 0.3) is 10.9 Å². The summed E-state index contributed by atoms with van der Waals surface area (Å²) in [5.74, 6) is 0.102. The Morgan fingerprint density at radius 3 is 2.96 bits per heavy atom. The highest BCUT2D eigenvalue weighted by Crippen LogP contribution is 2.28. The smallest absolute Gasteiger partial charge is 0.128 e. The molecule has 1 aromatic heterocycles. The summed E-state index contributed by atoms with van der Waals surface area (Å²) in [7, 11) is 0. The van der Waals surface area contributed by atoms with Crippen LogP contribution in [0.3, 0.4) is 0 Å². The van der Waals surface area contributed by atoms with Crippen LogP contribution in [0, 0.1) is 11.6 Å². The maximum Gasteiger partial charge on any atom is 0.128 e. The van der Waals surface area contributed by atoms with Crippen molar-refractivity contribution in [2.45, 2.75) is 25.9 Å². The molecule has 0 saturated heterocycles.